The molecule has 1 saturated carbocycles. The Bertz CT molecular complexity index is 1100. The van der Waals surface area contributed by atoms with Gasteiger partial charge in [-0.25, -0.2) is 10.1 Å². The summed E-state index contributed by atoms with van der Waals surface area (Å²) in [5, 5.41) is 20.2. The quantitative estimate of drug-likeness (QED) is 0.407. The maximum absolute atomic E-state index is 12.9. The molecule has 1 fully saturated rings. The summed E-state index contributed by atoms with van der Waals surface area (Å²) in [7, 11) is 2.02. The highest BCUT2D eigenvalue weighted by Crippen LogP contribution is 2.24. The van der Waals surface area contributed by atoms with Crippen LogP contribution in [0.5, 0.6) is 0 Å². The molecule has 4 rings (SSSR count). The zero-order valence-electron chi connectivity index (χ0n) is 17.6. The van der Waals surface area contributed by atoms with Gasteiger partial charge >= 0.3 is 0 Å². The molecule has 32 heavy (non-hydrogen) atoms. The lowest BCUT2D eigenvalue weighted by Crippen LogP contribution is -2.34. The first kappa shape index (κ1) is 21.9. The van der Waals surface area contributed by atoms with Gasteiger partial charge in [-0.2, -0.15) is 9.78 Å². The Morgan fingerprint density at radius 2 is 2.19 bits per heavy atom. The van der Waals surface area contributed by atoms with Gasteiger partial charge in [0.05, 0.1) is 11.9 Å². The molecule has 168 valence electrons. The third-order valence-electron chi connectivity index (χ3n) is 5.50. The molecule has 0 unspecified atom stereocenters. The molecule has 3 N–H and O–H groups in total. The van der Waals surface area contributed by atoms with Crippen LogP contribution in [0.1, 0.15) is 53.8 Å². The predicted octanol–water partition coefficient (Wildman–Crippen LogP) is 2.41. The van der Waals surface area contributed by atoms with Crippen molar-refractivity contribution in [1.29, 1.82) is 0 Å². The second kappa shape index (κ2) is 9.88. The number of aromatic nitrogens is 5. The predicted molar refractivity (Wildman–Crippen MR) is 118 cm³/mol. The number of nitrogens with one attached hydrogen (secondary N) is 1. The zero-order valence-corrected chi connectivity index (χ0v) is 18.4. The van der Waals surface area contributed by atoms with Crippen molar-refractivity contribution in [2.45, 2.75) is 44.7 Å². The summed E-state index contributed by atoms with van der Waals surface area (Å²) in [6, 6.07) is 7.53. The van der Waals surface area contributed by atoms with Crippen molar-refractivity contribution in [2.75, 3.05) is 12.8 Å². The van der Waals surface area contributed by atoms with E-state index in [9.17, 15) is 4.79 Å². The number of carbonyl (C=O) groups is 1. The van der Waals surface area contributed by atoms with Gasteiger partial charge in [-0.3, -0.25) is 9.69 Å². The Morgan fingerprint density at radius 3 is 2.91 bits per heavy atom. The van der Waals surface area contributed by atoms with Crippen molar-refractivity contribution >= 4 is 29.5 Å². The number of halogens is 1. The van der Waals surface area contributed by atoms with Crippen molar-refractivity contribution in [1.82, 2.24) is 35.6 Å². The van der Waals surface area contributed by atoms with Gasteiger partial charge in [0.25, 0.3) is 5.91 Å². The standard InChI is InChI=1S/C20H24ClN9O2/c1-29(15-8-3-2-4-9-15)12-16-17(24-28-30(16)19-18(22)26-32-27-19)20(31)25-23-11-13-6-5-7-14(21)10-13/h5-7,10-11,15H,2-4,8-9,12H2,1H3,(H2,22,26)(H,25,31). The second-order valence-corrected chi connectivity index (χ2v) is 8.17. The molecule has 2 aromatic heterocycles. The number of nitrogens with zero attached hydrogens (tertiary/aromatic N) is 7. The van der Waals surface area contributed by atoms with Crippen LogP contribution in [0.25, 0.3) is 5.82 Å². The molecule has 0 radical (unpaired) electrons. The van der Waals surface area contributed by atoms with Gasteiger partial charge in [-0.05, 0) is 47.9 Å². The molecule has 0 saturated heterocycles. The van der Waals surface area contributed by atoms with E-state index in [1.807, 2.05) is 13.1 Å². The van der Waals surface area contributed by atoms with Gasteiger partial charge in [0.1, 0.15) is 0 Å². The first-order valence-corrected chi connectivity index (χ1v) is 10.7. The van der Waals surface area contributed by atoms with Gasteiger partial charge in [0.2, 0.25) is 11.6 Å². The van der Waals surface area contributed by atoms with Gasteiger partial charge in [0.15, 0.2) is 5.69 Å². The van der Waals surface area contributed by atoms with Crippen LogP contribution in [0.3, 0.4) is 0 Å². The van der Waals surface area contributed by atoms with E-state index in [2.05, 4.69) is 36.1 Å². The van der Waals surface area contributed by atoms with E-state index in [1.165, 1.54) is 30.2 Å². The molecule has 11 nitrogen and oxygen atoms in total. The van der Waals surface area contributed by atoms with E-state index in [0.29, 0.717) is 23.3 Å². The molecule has 2 heterocycles. The van der Waals surface area contributed by atoms with Crippen molar-refractivity contribution in [3.63, 3.8) is 0 Å². The number of hydrogen-bond donors (Lipinski definition) is 2. The third kappa shape index (κ3) is 4.94. The molecule has 0 bridgehead atoms. The van der Waals surface area contributed by atoms with Crippen LogP contribution in [0, 0.1) is 0 Å². The minimum Gasteiger partial charge on any atom is -0.378 e. The lowest BCUT2D eigenvalue weighted by Gasteiger charge is -2.31. The number of nitrogens with two attached hydrogens (primary N) is 1. The van der Waals surface area contributed by atoms with Crippen LogP contribution in [-0.2, 0) is 6.54 Å². The topological polar surface area (TPSA) is 140 Å². The monoisotopic (exact) mass is 457 g/mol. The van der Waals surface area contributed by atoms with E-state index in [4.69, 9.17) is 22.0 Å². The second-order valence-electron chi connectivity index (χ2n) is 7.73. The van der Waals surface area contributed by atoms with E-state index in [1.54, 1.807) is 18.2 Å². The van der Waals surface area contributed by atoms with Crippen LogP contribution in [-0.4, -0.2) is 55.4 Å². The fourth-order valence-electron chi connectivity index (χ4n) is 3.82. The number of hydrogen-bond acceptors (Lipinski definition) is 9. The molecule has 1 amide bonds. The number of rotatable bonds is 7. The highest BCUT2D eigenvalue weighted by Gasteiger charge is 2.27. The van der Waals surface area contributed by atoms with Crippen molar-refractivity contribution in [3.8, 4) is 5.82 Å². The fraction of sp³-hybridized carbons (Fsp3) is 0.400. The average molecular weight is 458 g/mol. The Kier molecular flexibility index (Phi) is 6.76. The SMILES string of the molecule is CN(Cc1c(C(=O)NN=Cc2cccc(Cl)c2)nnn1-c1nonc1N)C1CCCCC1. The van der Waals surface area contributed by atoms with Crippen molar-refractivity contribution in [3.05, 3.63) is 46.2 Å². The average Bonchev–Trinajstić information content (AvgIpc) is 3.40. The fourth-order valence-corrected chi connectivity index (χ4v) is 4.02. The lowest BCUT2D eigenvalue weighted by molar-refractivity contribution is 0.0947. The van der Waals surface area contributed by atoms with E-state index >= 15 is 0 Å². The Hall–Kier alpha value is -3.31. The van der Waals surface area contributed by atoms with Gasteiger partial charge in [-0.1, -0.05) is 48.2 Å². The molecule has 0 spiro atoms. The molecule has 3 aromatic rings. The first-order valence-electron chi connectivity index (χ1n) is 10.3. The molecular weight excluding hydrogens is 434 g/mol. The minimum absolute atomic E-state index is 0.0578. The summed E-state index contributed by atoms with van der Waals surface area (Å²) < 4.78 is 6.10. The smallest absolute Gasteiger partial charge is 0.293 e. The Morgan fingerprint density at radius 1 is 1.38 bits per heavy atom. The number of amides is 1. The van der Waals surface area contributed by atoms with Crippen LogP contribution in [0.2, 0.25) is 5.02 Å². The van der Waals surface area contributed by atoms with E-state index in [0.717, 1.165) is 18.4 Å². The Balaban J connectivity index is 1.57. The highest BCUT2D eigenvalue weighted by molar-refractivity contribution is 6.30. The number of hydrazone groups is 1. The maximum Gasteiger partial charge on any atom is 0.293 e. The normalized spacial score (nSPS) is 15.0. The molecule has 1 aliphatic carbocycles. The zero-order chi connectivity index (χ0) is 22.5. The Labute approximate surface area is 189 Å². The molecule has 1 aromatic carbocycles. The minimum atomic E-state index is -0.503. The number of anilines is 1. The molecule has 0 atom stereocenters. The van der Waals surface area contributed by atoms with Gasteiger partial charge in [0, 0.05) is 17.6 Å². The number of nitrogen functional groups attached to an aromatic ring is 1. The van der Waals surface area contributed by atoms with E-state index in [-0.39, 0.29) is 17.3 Å². The summed E-state index contributed by atoms with van der Waals surface area (Å²) in [6.07, 6.45) is 7.36. The molecule has 12 heteroatoms. The summed E-state index contributed by atoms with van der Waals surface area (Å²) in [4.78, 5) is 15.1. The van der Waals surface area contributed by atoms with Crippen LogP contribution < -0.4 is 11.2 Å². The van der Waals surface area contributed by atoms with Crippen LogP contribution in [0.15, 0.2) is 34.0 Å². The lowest BCUT2D eigenvalue weighted by atomic mass is 9.94. The maximum atomic E-state index is 12.9. The van der Waals surface area contributed by atoms with E-state index < -0.39 is 5.91 Å². The van der Waals surface area contributed by atoms with Crippen LogP contribution in [0.4, 0.5) is 5.82 Å². The largest absolute Gasteiger partial charge is 0.378 e. The summed E-state index contributed by atoms with van der Waals surface area (Å²) in [6.45, 7) is 0.421. The third-order valence-corrected chi connectivity index (χ3v) is 5.74. The molecule has 1 aliphatic rings. The van der Waals surface area contributed by atoms with Crippen molar-refractivity contribution < 1.29 is 9.42 Å². The number of carbonyl (C=O) groups excluding carboxylic acids is 1. The summed E-state index contributed by atoms with van der Waals surface area (Å²) >= 11 is 5.98. The molecular formula is C20H24ClN9O2. The molecule has 0 aliphatic heterocycles. The number of benzene rings is 1. The summed E-state index contributed by atoms with van der Waals surface area (Å²) in [5.41, 5.74) is 9.75. The van der Waals surface area contributed by atoms with Crippen LogP contribution >= 0.6 is 11.6 Å². The van der Waals surface area contributed by atoms with Gasteiger partial charge in [-0.15, -0.1) is 5.10 Å². The highest BCUT2D eigenvalue weighted by atomic mass is 35.5. The van der Waals surface area contributed by atoms with Gasteiger partial charge < -0.3 is 5.73 Å². The summed E-state index contributed by atoms with van der Waals surface area (Å²) in [5.74, 6) is -0.259. The first-order chi connectivity index (χ1) is 15.5. The van der Waals surface area contributed by atoms with Crippen molar-refractivity contribution in [2.24, 2.45) is 5.10 Å².